The number of aromatic nitrogens is 2. The number of amides is 1. The first-order valence-electron chi connectivity index (χ1n) is 9.01. The van der Waals surface area contributed by atoms with Gasteiger partial charge in [0.15, 0.2) is 0 Å². The Balaban J connectivity index is 1.66. The number of benzene rings is 2. The van der Waals surface area contributed by atoms with Crippen LogP contribution in [-0.2, 0) is 17.8 Å². The Bertz CT molecular complexity index is 840. The van der Waals surface area contributed by atoms with E-state index in [1.165, 1.54) is 5.56 Å². The van der Waals surface area contributed by atoms with Crippen LogP contribution in [0.2, 0.25) is 0 Å². The van der Waals surface area contributed by atoms with Crippen molar-refractivity contribution < 1.29 is 4.79 Å². The normalized spacial score (nSPS) is 11.9. The zero-order valence-corrected chi connectivity index (χ0v) is 15.4. The van der Waals surface area contributed by atoms with Gasteiger partial charge in [-0.05, 0) is 37.5 Å². The first kappa shape index (κ1) is 17.9. The van der Waals surface area contributed by atoms with Crippen molar-refractivity contribution in [2.45, 2.75) is 39.3 Å². The molecular formula is C22H25N3O. The van der Waals surface area contributed by atoms with Crippen molar-refractivity contribution in [3.8, 4) is 0 Å². The molecule has 0 radical (unpaired) electrons. The molecule has 0 bridgehead atoms. The highest BCUT2D eigenvalue weighted by Gasteiger charge is 2.15. The number of nitrogens with one attached hydrogen (secondary N) is 1. The average molecular weight is 347 g/mol. The van der Waals surface area contributed by atoms with Crippen LogP contribution in [0.1, 0.15) is 35.0 Å². The second kappa shape index (κ2) is 8.48. The lowest BCUT2D eigenvalue weighted by Gasteiger charge is -2.20. The molecule has 0 unspecified atom stereocenters. The van der Waals surface area contributed by atoms with Crippen LogP contribution >= 0.6 is 0 Å². The lowest BCUT2D eigenvalue weighted by molar-refractivity contribution is -0.122. The quantitative estimate of drug-likeness (QED) is 0.702. The fraction of sp³-hybridized carbons (Fsp3) is 0.273. The molecule has 1 heterocycles. The molecule has 4 nitrogen and oxygen atoms in total. The van der Waals surface area contributed by atoms with Gasteiger partial charge in [-0.15, -0.1) is 0 Å². The number of carbonyl (C=O) groups is 1. The molecule has 0 aliphatic heterocycles. The summed E-state index contributed by atoms with van der Waals surface area (Å²) in [5.74, 6) is 0.0438. The summed E-state index contributed by atoms with van der Waals surface area (Å²) in [6.45, 7) is 4.58. The molecule has 2 aromatic carbocycles. The highest BCUT2D eigenvalue weighted by Crippen LogP contribution is 2.18. The molecule has 134 valence electrons. The average Bonchev–Trinajstić information content (AvgIpc) is 2.98. The van der Waals surface area contributed by atoms with Crippen LogP contribution in [0.25, 0.3) is 0 Å². The summed E-state index contributed by atoms with van der Waals surface area (Å²) in [6, 6.07) is 22.4. The Hall–Kier alpha value is -2.88. The van der Waals surface area contributed by atoms with E-state index >= 15 is 0 Å². The number of carbonyl (C=O) groups excluding carboxylic acids is 1. The third-order valence-electron chi connectivity index (χ3n) is 4.47. The van der Waals surface area contributed by atoms with Gasteiger partial charge in [-0.2, -0.15) is 5.10 Å². The van der Waals surface area contributed by atoms with Crippen LogP contribution in [-0.4, -0.2) is 15.7 Å². The summed E-state index contributed by atoms with van der Waals surface area (Å²) in [5, 5.41) is 7.62. The number of hydrogen-bond acceptors (Lipinski definition) is 2. The lowest BCUT2D eigenvalue weighted by Crippen LogP contribution is -2.30. The summed E-state index contributed by atoms with van der Waals surface area (Å²) in [4.78, 5) is 12.6. The van der Waals surface area contributed by atoms with Crippen molar-refractivity contribution in [3.63, 3.8) is 0 Å². The second-order valence-electron chi connectivity index (χ2n) is 6.62. The molecule has 1 aromatic heterocycles. The first-order chi connectivity index (χ1) is 12.6. The highest BCUT2D eigenvalue weighted by molar-refractivity contribution is 5.76. The monoisotopic (exact) mass is 347 g/mol. The number of hydrogen-bond donors (Lipinski definition) is 1. The molecule has 0 saturated heterocycles. The van der Waals surface area contributed by atoms with Gasteiger partial charge < -0.3 is 5.32 Å². The van der Waals surface area contributed by atoms with E-state index < -0.39 is 0 Å². The molecule has 26 heavy (non-hydrogen) atoms. The minimum atomic E-state index is -0.0356. The van der Waals surface area contributed by atoms with Crippen molar-refractivity contribution in [2.75, 3.05) is 0 Å². The summed E-state index contributed by atoms with van der Waals surface area (Å²) in [5.41, 5.74) is 4.39. The Morgan fingerprint density at radius 1 is 1.04 bits per heavy atom. The van der Waals surface area contributed by atoms with E-state index in [-0.39, 0.29) is 11.9 Å². The molecule has 4 heteroatoms. The minimum Gasteiger partial charge on any atom is -0.349 e. The largest absolute Gasteiger partial charge is 0.349 e. The van der Waals surface area contributed by atoms with Crippen molar-refractivity contribution in [2.24, 2.45) is 0 Å². The predicted molar refractivity (Wildman–Crippen MR) is 104 cm³/mol. The third kappa shape index (κ3) is 4.82. The van der Waals surface area contributed by atoms with Crippen LogP contribution < -0.4 is 5.32 Å². The van der Waals surface area contributed by atoms with Gasteiger partial charge in [0.2, 0.25) is 5.91 Å². The number of aryl methyl sites for hydroxylation is 3. The Morgan fingerprint density at radius 2 is 1.69 bits per heavy atom. The molecular weight excluding hydrogens is 322 g/mol. The van der Waals surface area contributed by atoms with Crippen molar-refractivity contribution in [1.29, 1.82) is 0 Å². The van der Waals surface area contributed by atoms with Gasteiger partial charge in [0.1, 0.15) is 0 Å². The van der Waals surface area contributed by atoms with E-state index in [1.807, 2.05) is 61.0 Å². The Labute approximate surface area is 154 Å². The number of nitrogens with zero attached hydrogens (tertiary/aromatic N) is 2. The zero-order chi connectivity index (χ0) is 18.4. The SMILES string of the molecule is Cc1cc(C)n(CCC(=O)N[C@@H](Cc2ccccc2)c2ccccc2)n1. The van der Waals surface area contributed by atoms with E-state index in [0.29, 0.717) is 13.0 Å². The summed E-state index contributed by atoms with van der Waals surface area (Å²) < 4.78 is 1.89. The van der Waals surface area contributed by atoms with Gasteiger partial charge in [-0.3, -0.25) is 9.48 Å². The van der Waals surface area contributed by atoms with Gasteiger partial charge in [0, 0.05) is 18.7 Å². The van der Waals surface area contributed by atoms with Crippen LogP contribution in [0.5, 0.6) is 0 Å². The fourth-order valence-corrected chi connectivity index (χ4v) is 3.16. The maximum Gasteiger partial charge on any atom is 0.222 e. The van der Waals surface area contributed by atoms with Gasteiger partial charge in [-0.1, -0.05) is 60.7 Å². The lowest BCUT2D eigenvalue weighted by atomic mass is 9.98. The van der Waals surface area contributed by atoms with E-state index in [2.05, 4.69) is 34.7 Å². The van der Waals surface area contributed by atoms with E-state index in [1.54, 1.807) is 0 Å². The maximum atomic E-state index is 12.6. The van der Waals surface area contributed by atoms with E-state index in [0.717, 1.165) is 23.4 Å². The Morgan fingerprint density at radius 3 is 2.31 bits per heavy atom. The van der Waals surface area contributed by atoms with Crippen LogP contribution in [0.4, 0.5) is 0 Å². The van der Waals surface area contributed by atoms with Gasteiger partial charge in [0.05, 0.1) is 11.7 Å². The summed E-state index contributed by atoms with van der Waals surface area (Å²) in [6.07, 6.45) is 1.19. The predicted octanol–water partition coefficient (Wildman–Crippen LogP) is 3.99. The van der Waals surface area contributed by atoms with Crippen molar-refractivity contribution >= 4 is 5.91 Å². The van der Waals surface area contributed by atoms with Crippen LogP contribution in [0.15, 0.2) is 66.7 Å². The molecule has 1 atom stereocenters. The molecule has 0 saturated carbocycles. The molecule has 0 spiro atoms. The number of rotatable bonds is 7. The third-order valence-corrected chi connectivity index (χ3v) is 4.47. The molecule has 3 aromatic rings. The minimum absolute atomic E-state index is 0.0356. The van der Waals surface area contributed by atoms with Gasteiger partial charge in [0.25, 0.3) is 0 Å². The molecule has 0 fully saturated rings. The van der Waals surface area contributed by atoms with Crippen LogP contribution in [0.3, 0.4) is 0 Å². The first-order valence-corrected chi connectivity index (χ1v) is 9.01. The standard InChI is InChI=1S/C22H25N3O/c1-17-15-18(2)25(24-17)14-13-22(26)23-21(20-11-7-4-8-12-20)16-19-9-5-3-6-10-19/h3-12,15,21H,13-14,16H2,1-2H3,(H,23,26)/t21-/m0/s1. The smallest absolute Gasteiger partial charge is 0.222 e. The second-order valence-corrected chi connectivity index (χ2v) is 6.62. The topological polar surface area (TPSA) is 46.9 Å². The van der Waals surface area contributed by atoms with Crippen molar-refractivity contribution in [1.82, 2.24) is 15.1 Å². The van der Waals surface area contributed by atoms with E-state index in [9.17, 15) is 4.79 Å². The van der Waals surface area contributed by atoms with E-state index in [4.69, 9.17) is 0 Å². The molecule has 1 N–H and O–H groups in total. The van der Waals surface area contributed by atoms with Gasteiger partial charge >= 0.3 is 0 Å². The molecule has 3 rings (SSSR count). The van der Waals surface area contributed by atoms with Crippen molar-refractivity contribution in [3.05, 3.63) is 89.2 Å². The van der Waals surface area contributed by atoms with Gasteiger partial charge in [-0.25, -0.2) is 0 Å². The zero-order valence-electron chi connectivity index (χ0n) is 15.4. The summed E-state index contributed by atoms with van der Waals surface area (Å²) in [7, 11) is 0. The molecule has 1 amide bonds. The maximum absolute atomic E-state index is 12.6. The molecule has 0 aliphatic rings. The highest BCUT2D eigenvalue weighted by atomic mass is 16.1. The fourth-order valence-electron chi connectivity index (χ4n) is 3.16. The van der Waals surface area contributed by atoms with Crippen LogP contribution in [0, 0.1) is 13.8 Å². The molecule has 0 aliphatic carbocycles. The Kier molecular flexibility index (Phi) is 5.84. The summed E-state index contributed by atoms with van der Waals surface area (Å²) >= 11 is 0.